The van der Waals surface area contributed by atoms with Gasteiger partial charge >= 0.3 is 5.97 Å². The van der Waals surface area contributed by atoms with Crippen LogP contribution in [-0.4, -0.2) is 28.1 Å². The summed E-state index contributed by atoms with van der Waals surface area (Å²) in [6.07, 6.45) is 0.243. The van der Waals surface area contributed by atoms with Crippen molar-refractivity contribution in [2.24, 2.45) is 5.73 Å². The number of hydrogen-bond acceptors (Lipinski definition) is 4. The van der Waals surface area contributed by atoms with Crippen LogP contribution in [0.15, 0.2) is 54.6 Å². The fourth-order valence-electron chi connectivity index (χ4n) is 2.16. The maximum absolute atomic E-state index is 12.2. The lowest BCUT2D eigenvalue weighted by molar-refractivity contribution is -0.142. The Hall–Kier alpha value is -2.86. The van der Waals surface area contributed by atoms with E-state index in [0.717, 1.165) is 5.56 Å². The molecule has 0 aliphatic heterocycles. The highest BCUT2D eigenvalue weighted by Crippen LogP contribution is 2.14. The van der Waals surface area contributed by atoms with E-state index in [1.165, 1.54) is 12.1 Å². The first-order valence-corrected chi connectivity index (χ1v) is 7.09. The zero-order chi connectivity index (χ0) is 16.8. The molecule has 0 fully saturated rings. The highest BCUT2D eigenvalue weighted by Gasteiger charge is 2.24. The smallest absolute Gasteiger partial charge is 0.330 e. The number of nitrogens with one attached hydrogen (secondary N) is 1. The van der Waals surface area contributed by atoms with Crippen molar-refractivity contribution in [2.75, 3.05) is 0 Å². The van der Waals surface area contributed by atoms with Crippen molar-refractivity contribution in [1.82, 2.24) is 5.32 Å². The zero-order valence-electron chi connectivity index (χ0n) is 12.3. The highest BCUT2D eigenvalue weighted by molar-refractivity contribution is 5.87. The fourth-order valence-corrected chi connectivity index (χ4v) is 2.16. The molecule has 6 heteroatoms. The summed E-state index contributed by atoms with van der Waals surface area (Å²) < 4.78 is 0. The summed E-state index contributed by atoms with van der Waals surface area (Å²) in [7, 11) is 0. The second kappa shape index (κ2) is 7.42. The van der Waals surface area contributed by atoms with Gasteiger partial charge in [0.15, 0.2) is 6.04 Å². The van der Waals surface area contributed by atoms with Crippen molar-refractivity contribution in [1.29, 1.82) is 0 Å². The van der Waals surface area contributed by atoms with Crippen LogP contribution in [0.25, 0.3) is 0 Å². The molecule has 0 radical (unpaired) electrons. The van der Waals surface area contributed by atoms with Gasteiger partial charge in [-0.2, -0.15) is 0 Å². The summed E-state index contributed by atoms with van der Waals surface area (Å²) in [4.78, 5) is 23.5. The van der Waals surface area contributed by atoms with Crippen molar-refractivity contribution in [3.63, 3.8) is 0 Å². The molecular formula is C17H18N2O4. The molecule has 1 amide bonds. The van der Waals surface area contributed by atoms with Crippen molar-refractivity contribution < 1.29 is 19.8 Å². The number of phenols is 1. The number of rotatable bonds is 6. The Morgan fingerprint density at radius 3 is 2.22 bits per heavy atom. The number of carboxylic acid groups (broad SMARTS) is 1. The van der Waals surface area contributed by atoms with E-state index >= 15 is 0 Å². The third-order valence-electron chi connectivity index (χ3n) is 3.40. The van der Waals surface area contributed by atoms with Crippen LogP contribution in [0.3, 0.4) is 0 Å². The normalized spacial score (nSPS) is 13.1. The van der Waals surface area contributed by atoms with Crippen LogP contribution >= 0.6 is 0 Å². The Morgan fingerprint density at radius 1 is 1.04 bits per heavy atom. The summed E-state index contributed by atoms with van der Waals surface area (Å²) in [5, 5.41) is 21.0. The van der Waals surface area contributed by atoms with Crippen LogP contribution in [0.4, 0.5) is 0 Å². The minimum Gasteiger partial charge on any atom is -0.508 e. The van der Waals surface area contributed by atoms with E-state index in [2.05, 4.69) is 5.32 Å². The molecule has 0 heterocycles. The van der Waals surface area contributed by atoms with Crippen LogP contribution in [0.2, 0.25) is 0 Å². The number of carboxylic acids is 1. The molecule has 5 N–H and O–H groups in total. The molecule has 0 saturated heterocycles. The Labute approximate surface area is 133 Å². The lowest BCUT2D eigenvalue weighted by Gasteiger charge is -2.18. The first-order valence-electron chi connectivity index (χ1n) is 7.09. The fraction of sp³-hybridized carbons (Fsp3) is 0.176. The van der Waals surface area contributed by atoms with E-state index in [-0.39, 0.29) is 12.2 Å². The standard InChI is InChI=1S/C17H18N2O4/c18-14(10-11-6-8-13(20)9-7-11)16(21)19-15(17(22)23)12-4-2-1-3-5-12/h1-9,14-15,20H,10,18H2,(H,19,21)(H,22,23)/t14-,15-/m0/s1. The summed E-state index contributed by atoms with van der Waals surface area (Å²) in [6, 6.07) is 12.7. The van der Waals surface area contributed by atoms with Gasteiger partial charge in [0.25, 0.3) is 0 Å². The molecule has 0 bridgehead atoms. The largest absolute Gasteiger partial charge is 0.508 e. The summed E-state index contributed by atoms with van der Waals surface area (Å²) in [5.74, 6) is -1.57. The van der Waals surface area contributed by atoms with E-state index in [1.54, 1.807) is 42.5 Å². The maximum atomic E-state index is 12.2. The highest BCUT2D eigenvalue weighted by atomic mass is 16.4. The molecule has 0 aliphatic rings. The van der Waals surface area contributed by atoms with Gasteiger partial charge in [0.1, 0.15) is 5.75 Å². The maximum Gasteiger partial charge on any atom is 0.330 e. The van der Waals surface area contributed by atoms with Crippen LogP contribution in [0.5, 0.6) is 5.75 Å². The van der Waals surface area contributed by atoms with Crippen molar-refractivity contribution in [3.05, 3.63) is 65.7 Å². The predicted molar refractivity (Wildman–Crippen MR) is 84.7 cm³/mol. The Morgan fingerprint density at radius 2 is 1.65 bits per heavy atom. The molecule has 2 aromatic carbocycles. The Balaban J connectivity index is 2.03. The molecule has 2 atom stereocenters. The number of aliphatic carboxylic acids is 1. The molecule has 2 aromatic rings. The number of nitrogens with two attached hydrogens (primary N) is 1. The number of aromatic hydroxyl groups is 1. The van der Waals surface area contributed by atoms with Crippen molar-refractivity contribution in [3.8, 4) is 5.75 Å². The molecule has 0 aromatic heterocycles. The summed E-state index contributed by atoms with van der Waals surface area (Å²) in [6.45, 7) is 0. The summed E-state index contributed by atoms with van der Waals surface area (Å²) in [5.41, 5.74) is 7.10. The molecule has 0 unspecified atom stereocenters. The van der Waals surface area contributed by atoms with Gasteiger partial charge in [0.2, 0.25) is 5.91 Å². The van der Waals surface area contributed by atoms with Gasteiger partial charge in [-0.1, -0.05) is 42.5 Å². The topological polar surface area (TPSA) is 113 Å². The second-order valence-corrected chi connectivity index (χ2v) is 5.17. The van der Waals surface area contributed by atoms with Gasteiger partial charge in [0.05, 0.1) is 6.04 Å². The SMILES string of the molecule is N[C@@H](Cc1ccc(O)cc1)C(=O)N[C@H](C(=O)O)c1ccccc1. The number of hydrogen-bond donors (Lipinski definition) is 4. The van der Waals surface area contributed by atoms with Crippen LogP contribution in [0, 0.1) is 0 Å². The third kappa shape index (κ3) is 4.55. The van der Waals surface area contributed by atoms with Gasteiger partial charge in [-0.25, -0.2) is 4.79 Å². The van der Waals surface area contributed by atoms with Crippen LogP contribution in [-0.2, 0) is 16.0 Å². The molecule has 120 valence electrons. The number of carbonyl (C=O) groups is 2. The van der Waals surface area contributed by atoms with E-state index in [4.69, 9.17) is 5.73 Å². The van der Waals surface area contributed by atoms with Gasteiger partial charge in [-0.3, -0.25) is 4.79 Å². The lowest BCUT2D eigenvalue weighted by atomic mass is 10.0. The van der Waals surface area contributed by atoms with E-state index < -0.39 is 24.0 Å². The van der Waals surface area contributed by atoms with E-state index in [1.807, 2.05) is 0 Å². The first kappa shape index (κ1) is 16.5. The average molecular weight is 314 g/mol. The molecular weight excluding hydrogens is 296 g/mol. The Kier molecular flexibility index (Phi) is 5.32. The van der Waals surface area contributed by atoms with Crippen molar-refractivity contribution in [2.45, 2.75) is 18.5 Å². The zero-order valence-corrected chi connectivity index (χ0v) is 12.3. The average Bonchev–Trinajstić information content (AvgIpc) is 2.55. The second-order valence-electron chi connectivity index (χ2n) is 5.17. The van der Waals surface area contributed by atoms with E-state index in [9.17, 15) is 19.8 Å². The van der Waals surface area contributed by atoms with E-state index in [0.29, 0.717) is 5.56 Å². The van der Waals surface area contributed by atoms with Gasteiger partial charge in [-0.05, 0) is 29.7 Å². The van der Waals surface area contributed by atoms with Crippen molar-refractivity contribution >= 4 is 11.9 Å². The summed E-state index contributed by atoms with van der Waals surface area (Å²) >= 11 is 0. The minimum absolute atomic E-state index is 0.127. The van der Waals surface area contributed by atoms with Gasteiger partial charge < -0.3 is 21.3 Å². The van der Waals surface area contributed by atoms with Crippen LogP contribution < -0.4 is 11.1 Å². The molecule has 0 aliphatic carbocycles. The van der Waals surface area contributed by atoms with Gasteiger partial charge in [-0.15, -0.1) is 0 Å². The minimum atomic E-state index is -1.15. The third-order valence-corrected chi connectivity index (χ3v) is 3.40. The first-order chi connectivity index (χ1) is 11.0. The monoisotopic (exact) mass is 314 g/mol. The predicted octanol–water partition coefficient (Wildman–Crippen LogP) is 1.20. The molecule has 0 spiro atoms. The molecule has 2 rings (SSSR count). The lowest BCUT2D eigenvalue weighted by Crippen LogP contribution is -2.45. The molecule has 6 nitrogen and oxygen atoms in total. The molecule has 23 heavy (non-hydrogen) atoms. The number of phenolic OH excluding ortho intramolecular Hbond substituents is 1. The molecule has 0 saturated carbocycles. The Bertz CT molecular complexity index is 671. The van der Waals surface area contributed by atoms with Gasteiger partial charge in [0, 0.05) is 0 Å². The number of amides is 1. The number of benzene rings is 2. The quantitative estimate of drug-likeness (QED) is 0.640. The number of carbonyl (C=O) groups excluding carboxylic acids is 1. The van der Waals surface area contributed by atoms with Crippen LogP contribution in [0.1, 0.15) is 17.2 Å².